The Hall–Kier alpha value is -3.42. The van der Waals surface area contributed by atoms with Crippen molar-refractivity contribution >= 4 is 11.5 Å². The maximum Gasteiger partial charge on any atom is 0.250 e. The molecule has 0 unspecified atom stereocenters. The number of hydrogen-bond acceptors (Lipinski definition) is 5. The molecule has 4 aromatic rings. The highest BCUT2D eigenvalue weighted by atomic mass is 16.1. The van der Waals surface area contributed by atoms with Gasteiger partial charge >= 0.3 is 0 Å². The highest BCUT2D eigenvalue weighted by Gasteiger charge is 2.36. The van der Waals surface area contributed by atoms with Gasteiger partial charge in [0.1, 0.15) is 11.5 Å². The van der Waals surface area contributed by atoms with E-state index < -0.39 is 0 Å². The zero-order chi connectivity index (χ0) is 21.3. The van der Waals surface area contributed by atoms with E-state index in [1.165, 1.54) is 0 Å². The number of piperidine rings is 1. The van der Waals surface area contributed by atoms with Gasteiger partial charge < -0.3 is 14.0 Å². The molecule has 4 aromatic heterocycles. The Kier molecular flexibility index (Phi) is 3.87. The quantitative estimate of drug-likeness (QED) is 0.503. The van der Waals surface area contributed by atoms with Gasteiger partial charge in [-0.25, -0.2) is 9.97 Å². The summed E-state index contributed by atoms with van der Waals surface area (Å²) in [5, 5.41) is 4.92. The van der Waals surface area contributed by atoms with Crippen LogP contribution in [0.5, 0.6) is 0 Å². The molecule has 1 saturated heterocycles. The molecular weight excluding hydrogens is 390 g/mol. The van der Waals surface area contributed by atoms with E-state index in [2.05, 4.69) is 29.8 Å². The molecule has 8 nitrogen and oxygen atoms in total. The lowest BCUT2D eigenvalue weighted by Gasteiger charge is -2.44. The summed E-state index contributed by atoms with van der Waals surface area (Å²) in [6.07, 6.45) is 4.84. The van der Waals surface area contributed by atoms with Gasteiger partial charge in [-0.05, 0) is 32.3 Å². The van der Waals surface area contributed by atoms with Crippen molar-refractivity contribution in [3.8, 4) is 11.5 Å². The second-order valence-electron chi connectivity index (χ2n) is 8.91. The molecule has 31 heavy (non-hydrogen) atoms. The summed E-state index contributed by atoms with van der Waals surface area (Å²) >= 11 is 0. The predicted molar refractivity (Wildman–Crippen MR) is 118 cm³/mol. The van der Waals surface area contributed by atoms with Gasteiger partial charge in [-0.2, -0.15) is 9.61 Å². The number of anilines is 1. The molecule has 2 atom stereocenters. The molecule has 0 spiro atoms. The van der Waals surface area contributed by atoms with E-state index in [4.69, 9.17) is 10.1 Å². The van der Waals surface area contributed by atoms with E-state index in [1.807, 2.05) is 39.0 Å². The zero-order valence-corrected chi connectivity index (χ0v) is 18.0. The van der Waals surface area contributed by atoms with Crippen molar-refractivity contribution in [3.63, 3.8) is 0 Å². The van der Waals surface area contributed by atoms with E-state index in [1.54, 1.807) is 12.3 Å². The van der Waals surface area contributed by atoms with Crippen LogP contribution in [0, 0.1) is 19.8 Å². The van der Waals surface area contributed by atoms with Crippen LogP contribution in [-0.4, -0.2) is 41.8 Å². The van der Waals surface area contributed by atoms with Crippen LogP contribution < -0.4 is 10.5 Å². The lowest BCUT2D eigenvalue weighted by Crippen LogP contribution is -2.48. The standard InChI is InChI=1S/C23H25N7O/c1-14-15(2)25-20-10-18(22-24-7-8-27(22)3)26-30(20)23(14)28-11-16-9-17(13-28)19-5-4-6-21(31)29(19)12-16/h4-8,10,16-17H,9,11-13H2,1-3H3/t16-,17-/m0/s1. The third kappa shape index (κ3) is 2.74. The smallest absolute Gasteiger partial charge is 0.250 e. The summed E-state index contributed by atoms with van der Waals surface area (Å²) in [6, 6.07) is 7.68. The van der Waals surface area contributed by atoms with Crippen molar-refractivity contribution in [1.82, 2.24) is 28.7 Å². The number of fused-ring (bicyclic) bond motifs is 5. The molecular formula is C23H25N7O. The van der Waals surface area contributed by atoms with Gasteiger partial charge in [-0.3, -0.25) is 4.79 Å². The Morgan fingerprint density at radius 1 is 1.13 bits per heavy atom. The predicted octanol–water partition coefficient (Wildman–Crippen LogP) is 2.53. The molecule has 2 aliphatic heterocycles. The average molecular weight is 416 g/mol. The van der Waals surface area contributed by atoms with Crippen LogP contribution in [0.1, 0.15) is 29.3 Å². The molecule has 0 amide bonds. The van der Waals surface area contributed by atoms with E-state index in [0.717, 1.165) is 66.0 Å². The highest BCUT2D eigenvalue weighted by Crippen LogP contribution is 2.38. The second kappa shape index (κ2) is 6.54. The number of nitrogens with zero attached hydrogens (tertiary/aromatic N) is 7. The van der Waals surface area contributed by atoms with Gasteiger partial charge in [0.25, 0.3) is 5.56 Å². The molecule has 1 fully saturated rings. The van der Waals surface area contributed by atoms with E-state index in [9.17, 15) is 4.79 Å². The maximum absolute atomic E-state index is 12.4. The SMILES string of the molecule is Cc1nc2cc(-c3nccn3C)nn2c(N2C[C@@H]3C[C@@H](C2)c2cccc(=O)n2C3)c1C. The Morgan fingerprint density at radius 2 is 2.00 bits per heavy atom. The first-order valence-corrected chi connectivity index (χ1v) is 10.8. The first-order valence-electron chi connectivity index (χ1n) is 10.8. The molecule has 0 aliphatic carbocycles. The molecule has 2 bridgehead atoms. The topological polar surface area (TPSA) is 73.2 Å². The maximum atomic E-state index is 12.4. The summed E-state index contributed by atoms with van der Waals surface area (Å²) in [4.78, 5) is 24.1. The summed E-state index contributed by atoms with van der Waals surface area (Å²) in [5.74, 6) is 2.72. The summed E-state index contributed by atoms with van der Waals surface area (Å²) in [7, 11) is 1.97. The normalized spacial score (nSPS) is 20.3. The Bertz CT molecular complexity index is 1380. The number of aryl methyl sites for hydroxylation is 2. The summed E-state index contributed by atoms with van der Waals surface area (Å²) in [6.45, 7) is 6.76. The molecule has 6 heterocycles. The largest absolute Gasteiger partial charge is 0.355 e. The Balaban J connectivity index is 1.47. The molecule has 158 valence electrons. The van der Waals surface area contributed by atoms with Crippen molar-refractivity contribution in [1.29, 1.82) is 0 Å². The molecule has 2 aliphatic rings. The minimum Gasteiger partial charge on any atom is -0.355 e. The number of pyridine rings is 1. The molecule has 0 saturated carbocycles. The van der Waals surface area contributed by atoms with Gasteiger partial charge in [0.2, 0.25) is 0 Å². The lowest BCUT2D eigenvalue weighted by atomic mass is 9.83. The molecule has 8 heteroatoms. The third-order valence-corrected chi connectivity index (χ3v) is 6.88. The van der Waals surface area contributed by atoms with Gasteiger partial charge in [-0.1, -0.05) is 6.07 Å². The minimum atomic E-state index is 0.116. The van der Waals surface area contributed by atoms with Gasteiger partial charge in [0.15, 0.2) is 11.5 Å². The van der Waals surface area contributed by atoms with Crippen molar-refractivity contribution in [2.24, 2.45) is 13.0 Å². The fourth-order valence-electron chi connectivity index (χ4n) is 5.35. The van der Waals surface area contributed by atoms with Gasteiger partial charge in [-0.15, -0.1) is 0 Å². The number of imidazole rings is 1. The molecule has 0 N–H and O–H groups in total. The van der Waals surface area contributed by atoms with Crippen molar-refractivity contribution in [3.05, 3.63) is 64.0 Å². The van der Waals surface area contributed by atoms with E-state index in [-0.39, 0.29) is 5.56 Å². The molecule has 0 radical (unpaired) electrons. The van der Waals surface area contributed by atoms with Crippen LogP contribution >= 0.6 is 0 Å². The van der Waals surface area contributed by atoms with Crippen LogP contribution in [0.15, 0.2) is 41.5 Å². The van der Waals surface area contributed by atoms with Gasteiger partial charge in [0.05, 0.1) is 0 Å². The number of hydrogen-bond donors (Lipinski definition) is 0. The average Bonchev–Trinajstić information content (AvgIpc) is 3.35. The number of aromatic nitrogens is 6. The van der Waals surface area contributed by atoms with Gasteiger partial charge in [0, 0.05) is 74.1 Å². The van der Waals surface area contributed by atoms with Crippen molar-refractivity contribution < 1.29 is 0 Å². The van der Waals surface area contributed by atoms with Crippen LogP contribution in [0.4, 0.5) is 5.82 Å². The molecule has 0 aromatic carbocycles. The van der Waals surface area contributed by atoms with Crippen molar-refractivity contribution in [2.45, 2.75) is 32.7 Å². The lowest BCUT2D eigenvalue weighted by molar-refractivity contribution is 0.280. The van der Waals surface area contributed by atoms with E-state index >= 15 is 0 Å². The summed E-state index contributed by atoms with van der Waals surface area (Å²) in [5.41, 5.74) is 5.09. The highest BCUT2D eigenvalue weighted by molar-refractivity contribution is 5.64. The Labute approximate surface area is 179 Å². The fraction of sp³-hybridized carbons (Fsp3) is 0.391. The van der Waals surface area contributed by atoms with Crippen LogP contribution in [0.2, 0.25) is 0 Å². The Morgan fingerprint density at radius 3 is 2.81 bits per heavy atom. The fourth-order valence-corrected chi connectivity index (χ4v) is 5.35. The van der Waals surface area contributed by atoms with Crippen LogP contribution in [0.3, 0.4) is 0 Å². The monoisotopic (exact) mass is 415 g/mol. The third-order valence-electron chi connectivity index (χ3n) is 6.88. The van der Waals surface area contributed by atoms with E-state index in [0.29, 0.717) is 11.8 Å². The second-order valence-corrected chi connectivity index (χ2v) is 8.91. The molecule has 6 rings (SSSR count). The zero-order valence-electron chi connectivity index (χ0n) is 18.0. The minimum absolute atomic E-state index is 0.116. The van der Waals surface area contributed by atoms with Crippen LogP contribution in [-0.2, 0) is 13.6 Å². The first-order chi connectivity index (χ1) is 15.0. The summed E-state index contributed by atoms with van der Waals surface area (Å²) < 4.78 is 5.93. The van der Waals surface area contributed by atoms with Crippen LogP contribution in [0.25, 0.3) is 17.2 Å². The van der Waals surface area contributed by atoms with Crippen molar-refractivity contribution in [2.75, 3.05) is 18.0 Å². The number of rotatable bonds is 2. The first kappa shape index (κ1) is 18.4.